The lowest BCUT2D eigenvalue weighted by Crippen LogP contribution is -2.82. The minimum atomic E-state index is -1.35. The van der Waals surface area contributed by atoms with Crippen molar-refractivity contribution in [1.29, 1.82) is 0 Å². The quantitative estimate of drug-likeness (QED) is 0.714. The van der Waals surface area contributed by atoms with Crippen LogP contribution in [0.2, 0.25) is 0 Å². The highest BCUT2D eigenvalue weighted by Crippen LogP contribution is 2.44. The maximum absolute atomic E-state index is 12.5. The van der Waals surface area contributed by atoms with E-state index in [4.69, 9.17) is 9.47 Å². The first-order valence-electron chi connectivity index (χ1n) is 8.11. The van der Waals surface area contributed by atoms with Crippen molar-refractivity contribution in [3.63, 3.8) is 0 Å². The van der Waals surface area contributed by atoms with Gasteiger partial charge in [-0.15, -0.1) is 0 Å². The summed E-state index contributed by atoms with van der Waals surface area (Å²) in [4.78, 5) is 37.6. The number of rotatable bonds is 4. The van der Waals surface area contributed by atoms with Crippen molar-refractivity contribution in [1.82, 2.24) is 10.2 Å². The molecule has 3 aliphatic heterocycles. The predicted molar refractivity (Wildman–Crippen MR) is 83.4 cm³/mol. The lowest BCUT2D eigenvalue weighted by Gasteiger charge is -2.56. The molecule has 2 N–H and O–H groups in total. The third-order valence-corrected chi connectivity index (χ3v) is 5.02. The third kappa shape index (κ3) is 2.40. The summed E-state index contributed by atoms with van der Waals surface area (Å²) in [6, 6.07) is 6.66. The molecule has 5 atom stereocenters. The Morgan fingerprint density at radius 1 is 1.36 bits per heavy atom. The van der Waals surface area contributed by atoms with Gasteiger partial charge in [-0.1, -0.05) is 30.3 Å². The zero-order valence-electron chi connectivity index (χ0n) is 13.5. The summed E-state index contributed by atoms with van der Waals surface area (Å²) in [6.45, 7) is 1.72. The Hall–Kier alpha value is -2.45. The van der Waals surface area contributed by atoms with Crippen LogP contribution in [0.3, 0.4) is 0 Å². The molecule has 0 radical (unpaired) electrons. The number of nitrogens with zero attached hydrogens (tertiary/aromatic N) is 1. The number of ether oxygens (including phenoxy) is 2. The van der Waals surface area contributed by atoms with Crippen molar-refractivity contribution < 1.29 is 29.0 Å². The number of hydrogen-bond acceptors (Lipinski definition) is 5. The Kier molecular flexibility index (Phi) is 3.55. The molecule has 8 heteroatoms. The number of carboxylic acid groups (broad SMARTS) is 1. The summed E-state index contributed by atoms with van der Waals surface area (Å²) in [5.41, 5.74) is 0.837. The second-order valence-electron chi connectivity index (χ2n) is 6.67. The number of hydrogen-bond donors (Lipinski definition) is 2. The van der Waals surface area contributed by atoms with Crippen LogP contribution in [0.25, 0.3) is 0 Å². The number of morpholine rings is 1. The van der Waals surface area contributed by atoms with E-state index in [0.29, 0.717) is 0 Å². The normalized spacial score (nSPS) is 35.7. The maximum Gasteiger partial charge on any atom is 0.332 e. The van der Waals surface area contributed by atoms with Gasteiger partial charge in [-0.2, -0.15) is 0 Å². The van der Waals surface area contributed by atoms with Gasteiger partial charge < -0.3 is 24.8 Å². The van der Waals surface area contributed by atoms with Crippen LogP contribution in [0.1, 0.15) is 12.5 Å². The number of carbonyl (C=O) groups is 3. The van der Waals surface area contributed by atoms with E-state index in [1.807, 2.05) is 30.3 Å². The first-order valence-corrected chi connectivity index (χ1v) is 8.11. The zero-order chi connectivity index (χ0) is 17.8. The monoisotopic (exact) mass is 346 g/mol. The second-order valence-corrected chi connectivity index (χ2v) is 6.67. The van der Waals surface area contributed by atoms with Crippen LogP contribution < -0.4 is 5.32 Å². The van der Waals surface area contributed by atoms with Gasteiger partial charge >= 0.3 is 5.97 Å². The molecule has 25 heavy (non-hydrogen) atoms. The molecule has 2 bridgehead atoms. The van der Waals surface area contributed by atoms with E-state index < -0.39 is 41.9 Å². The smallest absolute Gasteiger partial charge is 0.332 e. The van der Waals surface area contributed by atoms with Gasteiger partial charge in [0.1, 0.15) is 12.1 Å². The van der Waals surface area contributed by atoms with E-state index >= 15 is 0 Å². The van der Waals surface area contributed by atoms with Crippen LogP contribution in [0.4, 0.5) is 0 Å². The lowest BCUT2D eigenvalue weighted by atomic mass is 9.84. The van der Waals surface area contributed by atoms with Gasteiger partial charge in [-0.3, -0.25) is 9.59 Å². The molecule has 1 aromatic carbocycles. The summed E-state index contributed by atoms with van der Waals surface area (Å²) in [6.07, 6.45) is -0.292. The van der Waals surface area contributed by atoms with Gasteiger partial charge in [0.25, 0.3) is 0 Å². The molecule has 2 amide bonds. The Morgan fingerprint density at radius 2 is 2.08 bits per heavy atom. The Balaban J connectivity index is 1.49. The number of carboxylic acids is 1. The number of carbonyl (C=O) groups excluding carboxylic acids is 2. The SMILES string of the molecule is C[C@@]12OC[C@@H](O1)[C@H]1[C@@H](NC(=O)Cc3ccccc3)C(=O)N1[C@@H]2C(=O)O. The lowest BCUT2D eigenvalue weighted by molar-refractivity contribution is -0.256. The number of β-lactam (4-membered cyclic amide) rings is 1. The van der Waals surface area contributed by atoms with Gasteiger partial charge in [0, 0.05) is 0 Å². The molecule has 3 fully saturated rings. The predicted octanol–water partition coefficient (Wildman–Crippen LogP) is -0.477. The van der Waals surface area contributed by atoms with Crippen molar-refractivity contribution in [2.24, 2.45) is 0 Å². The molecule has 8 nitrogen and oxygen atoms in total. The minimum absolute atomic E-state index is 0.152. The van der Waals surface area contributed by atoms with Crippen LogP contribution in [-0.4, -0.2) is 64.4 Å². The highest BCUT2D eigenvalue weighted by atomic mass is 16.8. The molecule has 3 saturated heterocycles. The Labute approximate surface area is 143 Å². The summed E-state index contributed by atoms with van der Waals surface area (Å²) in [7, 11) is 0. The van der Waals surface area contributed by atoms with Gasteiger partial charge in [-0.25, -0.2) is 4.79 Å². The maximum atomic E-state index is 12.5. The average molecular weight is 346 g/mol. The number of fused-ring (bicyclic) bond motifs is 4. The van der Waals surface area contributed by atoms with Gasteiger partial charge in [-0.05, 0) is 12.5 Å². The highest BCUT2D eigenvalue weighted by Gasteiger charge is 2.68. The van der Waals surface area contributed by atoms with Crippen LogP contribution >= 0.6 is 0 Å². The van der Waals surface area contributed by atoms with E-state index in [0.717, 1.165) is 5.56 Å². The van der Waals surface area contributed by atoms with Crippen molar-refractivity contribution >= 4 is 17.8 Å². The summed E-state index contributed by atoms with van der Waals surface area (Å²) >= 11 is 0. The third-order valence-electron chi connectivity index (χ3n) is 5.02. The number of aliphatic carboxylic acids is 1. The van der Waals surface area contributed by atoms with Crippen LogP contribution in [0.5, 0.6) is 0 Å². The molecule has 132 valence electrons. The fourth-order valence-electron chi connectivity index (χ4n) is 3.90. The molecule has 0 saturated carbocycles. The molecule has 3 heterocycles. The van der Waals surface area contributed by atoms with Crippen molar-refractivity contribution in [3.05, 3.63) is 35.9 Å². The molecule has 0 spiro atoms. The van der Waals surface area contributed by atoms with Crippen LogP contribution in [-0.2, 0) is 30.3 Å². The number of benzene rings is 1. The van der Waals surface area contributed by atoms with E-state index in [1.54, 1.807) is 0 Å². The zero-order valence-corrected chi connectivity index (χ0v) is 13.5. The molecule has 0 unspecified atom stereocenters. The topological polar surface area (TPSA) is 105 Å². The standard InChI is InChI=1S/C17H18N2O6/c1-17-14(16(22)23)19-13(10(25-17)8-24-17)12(15(19)21)18-11(20)7-9-5-3-2-4-6-9/h2-6,10,12-14H,7-8H2,1H3,(H,18,20)(H,22,23)/t10-,12-,13+,14-,17-/m1/s1. The van der Waals surface area contributed by atoms with Gasteiger partial charge in [0.2, 0.25) is 11.8 Å². The largest absolute Gasteiger partial charge is 0.480 e. The van der Waals surface area contributed by atoms with Crippen molar-refractivity contribution in [2.75, 3.05) is 6.61 Å². The number of amides is 2. The van der Waals surface area contributed by atoms with Crippen LogP contribution in [0.15, 0.2) is 30.3 Å². The molecule has 4 rings (SSSR count). The molecule has 3 aliphatic rings. The molecular weight excluding hydrogens is 328 g/mol. The Bertz CT molecular complexity index is 738. The number of nitrogens with one attached hydrogen (secondary N) is 1. The molecule has 0 aliphatic carbocycles. The van der Waals surface area contributed by atoms with Gasteiger partial charge in [0.05, 0.1) is 19.1 Å². The van der Waals surface area contributed by atoms with E-state index in [9.17, 15) is 19.5 Å². The first kappa shape index (κ1) is 16.0. The molecular formula is C17H18N2O6. The van der Waals surface area contributed by atoms with Crippen LogP contribution in [0, 0.1) is 0 Å². The van der Waals surface area contributed by atoms with Crippen molar-refractivity contribution in [3.8, 4) is 0 Å². The van der Waals surface area contributed by atoms with Crippen molar-refractivity contribution in [2.45, 2.75) is 43.4 Å². The highest BCUT2D eigenvalue weighted by molar-refractivity contribution is 5.97. The minimum Gasteiger partial charge on any atom is -0.480 e. The van der Waals surface area contributed by atoms with E-state index in [1.165, 1.54) is 11.8 Å². The summed E-state index contributed by atoms with van der Waals surface area (Å²) < 4.78 is 11.2. The fraction of sp³-hybridized carbons (Fsp3) is 0.471. The first-order chi connectivity index (χ1) is 11.9. The van der Waals surface area contributed by atoms with E-state index in [-0.39, 0.29) is 18.9 Å². The second kappa shape index (κ2) is 5.53. The summed E-state index contributed by atoms with van der Waals surface area (Å²) in [5, 5.41) is 12.2. The molecule has 0 aromatic heterocycles. The summed E-state index contributed by atoms with van der Waals surface area (Å²) in [5.74, 6) is -3.23. The van der Waals surface area contributed by atoms with Gasteiger partial charge in [0.15, 0.2) is 11.8 Å². The Morgan fingerprint density at radius 3 is 2.76 bits per heavy atom. The fourth-order valence-corrected chi connectivity index (χ4v) is 3.90. The molecule has 1 aromatic rings. The average Bonchev–Trinajstić information content (AvgIpc) is 2.91. The van der Waals surface area contributed by atoms with E-state index in [2.05, 4.69) is 5.32 Å².